The summed E-state index contributed by atoms with van der Waals surface area (Å²) >= 11 is 0. The largest absolute Gasteiger partial charge is 0.497 e. The third kappa shape index (κ3) is 11.2. The average Bonchev–Trinajstić information content (AvgIpc) is 2.97. The molecule has 0 aromatic heterocycles. The topological polar surface area (TPSA) is 90.9 Å². The van der Waals surface area contributed by atoms with Gasteiger partial charge in [-0.3, -0.25) is 9.59 Å². The van der Waals surface area contributed by atoms with Crippen molar-refractivity contribution in [3.05, 3.63) is 95.6 Å². The van der Waals surface area contributed by atoms with Crippen LogP contribution < -0.4 is 10.1 Å². The summed E-state index contributed by atoms with van der Waals surface area (Å²) in [6, 6.07) is 22.5. The van der Waals surface area contributed by atoms with Crippen molar-refractivity contribution in [2.45, 2.75) is 79.6 Å². The zero-order chi connectivity index (χ0) is 33.2. The zero-order valence-electron chi connectivity index (χ0n) is 27.8. The SMILES string of the molecule is COc1cccc(-c2ccc(/C=C/C[C@H](CC(=O)OC(C)(C)C)C(=O)N[C@H](C(=O)OCc3ccccc3)C(C)(C)C)cc2C)c1. The number of rotatable bonds is 12. The van der Waals surface area contributed by atoms with Crippen molar-refractivity contribution < 1.29 is 28.6 Å². The maximum Gasteiger partial charge on any atom is 0.329 e. The van der Waals surface area contributed by atoms with Crippen LogP contribution in [-0.2, 0) is 30.5 Å². The summed E-state index contributed by atoms with van der Waals surface area (Å²) in [6.45, 7) is 13.1. The Morgan fingerprint density at radius 3 is 2.22 bits per heavy atom. The minimum atomic E-state index is -0.911. The summed E-state index contributed by atoms with van der Waals surface area (Å²) in [6.07, 6.45) is 3.97. The van der Waals surface area contributed by atoms with E-state index in [0.29, 0.717) is 0 Å². The fourth-order valence-electron chi connectivity index (χ4n) is 4.84. The van der Waals surface area contributed by atoms with E-state index in [1.165, 1.54) is 0 Å². The average molecular weight is 614 g/mol. The van der Waals surface area contributed by atoms with Crippen LogP contribution in [0.1, 0.15) is 71.1 Å². The van der Waals surface area contributed by atoms with Crippen molar-refractivity contribution >= 4 is 23.9 Å². The molecule has 0 heterocycles. The summed E-state index contributed by atoms with van der Waals surface area (Å²) < 4.78 is 16.5. The van der Waals surface area contributed by atoms with E-state index >= 15 is 0 Å². The van der Waals surface area contributed by atoms with E-state index in [0.717, 1.165) is 33.6 Å². The molecule has 3 aromatic carbocycles. The van der Waals surface area contributed by atoms with E-state index in [1.54, 1.807) is 27.9 Å². The number of nitrogens with one attached hydrogen (secondary N) is 1. The Morgan fingerprint density at radius 1 is 0.889 bits per heavy atom. The molecule has 0 aliphatic carbocycles. The molecule has 3 rings (SSSR count). The Labute approximate surface area is 268 Å². The van der Waals surface area contributed by atoms with Crippen molar-refractivity contribution in [3.63, 3.8) is 0 Å². The van der Waals surface area contributed by atoms with Crippen molar-refractivity contribution in [2.75, 3.05) is 7.11 Å². The van der Waals surface area contributed by atoms with Gasteiger partial charge in [0, 0.05) is 0 Å². The quantitative estimate of drug-likeness (QED) is 0.211. The van der Waals surface area contributed by atoms with Crippen LogP contribution in [-0.4, -0.2) is 36.6 Å². The van der Waals surface area contributed by atoms with Crippen LogP contribution >= 0.6 is 0 Å². The predicted octanol–water partition coefficient (Wildman–Crippen LogP) is 7.70. The van der Waals surface area contributed by atoms with Gasteiger partial charge in [-0.2, -0.15) is 0 Å². The highest BCUT2D eigenvalue weighted by Gasteiger charge is 2.36. The molecule has 45 heavy (non-hydrogen) atoms. The molecule has 0 spiro atoms. The fraction of sp³-hybridized carbons (Fsp3) is 0.395. The number of benzene rings is 3. The normalized spacial score (nSPS) is 13.2. The van der Waals surface area contributed by atoms with Crippen molar-refractivity contribution in [1.82, 2.24) is 5.32 Å². The highest BCUT2D eigenvalue weighted by Crippen LogP contribution is 2.28. The summed E-state index contributed by atoms with van der Waals surface area (Å²) in [5, 5.41) is 2.89. The van der Waals surface area contributed by atoms with Crippen molar-refractivity contribution in [3.8, 4) is 16.9 Å². The molecule has 3 aromatic rings. The van der Waals surface area contributed by atoms with Gasteiger partial charge in [0.1, 0.15) is 24.0 Å². The molecule has 0 aliphatic heterocycles. The van der Waals surface area contributed by atoms with Crippen LogP contribution in [0, 0.1) is 18.3 Å². The van der Waals surface area contributed by atoms with Gasteiger partial charge in [-0.1, -0.05) is 93.6 Å². The lowest BCUT2D eigenvalue weighted by atomic mass is 9.86. The van der Waals surface area contributed by atoms with Gasteiger partial charge in [-0.25, -0.2) is 4.79 Å². The molecule has 0 saturated heterocycles. The molecule has 7 heteroatoms. The molecule has 0 radical (unpaired) electrons. The molecule has 0 aliphatic rings. The smallest absolute Gasteiger partial charge is 0.329 e. The molecule has 1 amide bonds. The third-order valence-electron chi connectivity index (χ3n) is 7.18. The van der Waals surface area contributed by atoms with Crippen molar-refractivity contribution in [1.29, 1.82) is 0 Å². The number of hydrogen-bond donors (Lipinski definition) is 1. The first kappa shape index (κ1) is 35.1. The molecule has 7 nitrogen and oxygen atoms in total. The molecule has 0 saturated carbocycles. The first-order valence-corrected chi connectivity index (χ1v) is 15.3. The summed E-state index contributed by atoms with van der Waals surface area (Å²) in [7, 11) is 1.65. The van der Waals surface area contributed by atoms with Gasteiger partial charge in [-0.15, -0.1) is 0 Å². The predicted molar refractivity (Wildman–Crippen MR) is 178 cm³/mol. The van der Waals surface area contributed by atoms with Gasteiger partial charge in [0.15, 0.2) is 0 Å². The lowest BCUT2D eigenvalue weighted by Gasteiger charge is -2.31. The van der Waals surface area contributed by atoms with E-state index in [2.05, 4.69) is 24.4 Å². The Kier molecular flexibility index (Phi) is 12.1. The Balaban J connectivity index is 1.77. The number of carbonyl (C=O) groups is 3. The number of esters is 2. The van der Waals surface area contributed by atoms with E-state index < -0.39 is 40.8 Å². The molecular formula is C38H47NO6. The highest BCUT2D eigenvalue weighted by atomic mass is 16.6. The molecule has 1 N–H and O–H groups in total. The monoisotopic (exact) mass is 613 g/mol. The molecule has 240 valence electrons. The number of hydrogen-bond acceptors (Lipinski definition) is 6. The standard InChI is InChI=1S/C38H47NO6/c1-26-22-27(20-21-32(26)29-17-13-19-31(23-29)43-8)16-12-18-30(24-33(40)45-38(5,6)7)35(41)39-34(37(2,3)4)36(42)44-25-28-14-10-9-11-15-28/h9-17,19-23,30,34H,18,24-25H2,1-8H3,(H,39,41)/b16-12+/t30-,34-/m1/s1. The van der Waals surface area contributed by atoms with Crippen LogP contribution in [0.3, 0.4) is 0 Å². The van der Waals surface area contributed by atoms with E-state index in [4.69, 9.17) is 14.2 Å². The first-order chi connectivity index (χ1) is 21.2. The molecule has 0 bridgehead atoms. The fourth-order valence-corrected chi connectivity index (χ4v) is 4.84. The van der Waals surface area contributed by atoms with Gasteiger partial charge in [-0.05, 0) is 79.5 Å². The minimum Gasteiger partial charge on any atom is -0.497 e. The lowest BCUT2D eigenvalue weighted by molar-refractivity contribution is -0.157. The zero-order valence-corrected chi connectivity index (χ0v) is 27.8. The maximum absolute atomic E-state index is 13.7. The summed E-state index contributed by atoms with van der Waals surface area (Å²) in [5.41, 5.74) is 3.75. The number of amides is 1. The van der Waals surface area contributed by atoms with Gasteiger partial charge >= 0.3 is 11.9 Å². The highest BCUT2D eigenvalue weighted by molar-refractivity contribution is 5.88. The van der Waals surface area contributed by atoms with Crippen LogP contribution in [0.4, 0.5) is 0 Å². The van der Waals surface area contributed by atoms with Gasteiger partial charge < -0.3 is 19.5 Å². The summed E-state index contributed by atoms with van der Waals surface area (Å²) in [4.78, 5) is 39.7. The maximum atomic E-state index is 13.7. The van der Waals surface area contributed by atoms with Gasteiger partial charge in [0.2, 0.25) is 5.91 Å². The number of carbonyl (C=O) groups excluding carboxylic acids is 3. The first-order valence-electron chi connectivity index (χ1n) is 15.3. The Hall–Kier alpha value is -4.39. The second kappa shape index (κ2) is 15.6. The third-order valence-corrected chi connectivity index (χ3v) is 7.18. The number of ether oxygens (including phenoxy) is 3. The van der Waals surface area contributed by atoms with E-state index in [1.807, 2.05) is 93.6 Å². The Bertz CT molecular complexity index is 1480. The molecule has 2 atom stereocenters. The number of methoxy groups -OCH3 is 1. The van der Waals surface area contributed by atoms with Gasteiger partial charge in [0.05, 0.1) is 19.4 Å². The second-order valence-electron chi connectivity index (χ2n) is 13.3. The second-order valence-corrected chi connectivity index (χ2v) is 13.3. The number of aryl methyl sites for hydroxylation is 1. The summed E-state index contributed by atoms with van der Waals surface area (Å²) in [5.74, 6) is -1.37. The Morgan fingerprint density at radius 2 is 1.60 bits per heavy atom. The van der Waals surface area contributed by atoms with Crippen LogP contribution in [0.5, 0.6) is 5.75 Å². The molecular weight excluding hydrogens is 566 g/mol. The number of allylic oxidation sites excluding steroid dienone is 1. The van der Waals surface area contributed by atoms with Crippen LogP contribution in [0.25, 0.3) is 17.2 Å². The molecule has 0 unspecified atom stereocenters. The lowest BCUT2D eigenvalue weighted by Crippen LogP contribution is -2.51. The van der Waals surface area contributed by atoms with Crippen LogP contribution in [0.15, 0.2) is 78.9 Å². The van der Waals surface area contributed by atoms with Crippen molar-refractivity contribution in [2.24, 2.45) is 11.3 Å². The minimum absolute atomic E-state index is 0.0994. The van der Waals surface area contributed by atoms with E-state index in [9.17, 15) is 14.4 Å². The molecule has 0 fully saturated rings. The van der Waals surface area contributed by atoms with Crippen LogP contribution in [0.2, 0.25) is 0 Å². The van der Waals surface area contributed by atoms with E-state index in [-0.39, 0.29) is 19.4 Å². The van der Waals surface area contributed by atoms with Gasteiger partial charge in [0.25, 0.3) is 0 Å².